The number of hydrogen-bond acceptors (Lipinski definition) is 6. The number of thioether (sulfide) groups is 1. The van der Waals surface area contributed by atoms with E-state index in [0.717, 1.165) is 53.8 Å². The second-order valence-electron chi connectivity index (χ2n) is 6.75. The Kier molecular flexibility index (Phi) is 6.04. The Morgan fingerprint density at radius 1 is 1.12 bits per heavy atom. The van der Waals surface area contributed by atoms with E-state index in [2.05, 4.69) is 26.8 Å². The monoisotopic (exact) mass is 358 g/mol. The molecule has 3 heterocycles. The Morgan fingerprint density at radius 2 is 1.84 bits per heavy atom. The smallest absolute Gasteiger partial charge is 0.187 e. The number of aryl methyl sites for hydroxylation is 1. The number of piperidine rings is 1. The summed E-state index contributed by atoms with van der Waals surface area (Å²) in [4.78, 5) is 15.6. The van der Waals surface area contributed by atoms with Gasteiger partial charge in [-0.25, -0.2) is 9.97 Å². The highest BCUT2D eigenvalue weighted by molar-refractivity contribution is 7.99. The molecule has 1 aliphatic rings. The van der Waals surface area contributed by atoms with Crippen molar-refractivity contribution in [1.82, 2.24) is 19.9 Å². The molecule has 2 aromatic heterocycles. The van der Waals surface area contributed by atoms with Crippen molar-refractivity contribution in [1.29, 1.82) is 0 Å². The lowest BCUT2D eigenvalue weighted by molar-refractivity contribution is -0.0311. The molecule has 0 amide bonds. The van der Waals surface area contributed by atoms with Gasteiger partial charge in [-0.05, 0) is 37.8 Å². The molecule has 1 saturated heterocycles. The largest absolute Gasteiger partial charge is 0.383 e. The van der Waals surface area contributed by atoms with Gasteiger partial charge in [0.05, 0.1) is 5.69 Å². The average molecular weight is 359 g/mol. The maximum absolute atomic E-state index is 10.9. The lowest BCUT2D eigenvalue weighted by Crippen LogP contribution is -2.42. The van der Waals surface area contributed by atoms with E-state index in [0.29, 0.717) is 12.8 Å². The van der Waals surface area contributed by atoms with Crippen molar-refractivity contribution in [3.05, 3.63) is 47.5 Å². The van der Waals surface area contributed by atoms with Crippen LogP contribution in [0.4, 0.5) is 0 Å². The third kappa shape index (κ3) is 4.77. The molecule has 134 valence electrons. The van der Waals surface area contributed by atoms with Crippen molar-refractivity contribution >= 4 is 11.8 Å². The highest BCUT2D eigenvalue weighted by atomic mass is 32.2. The number of aliphatic hydroxyl groups is 1. The Bertz CT molecular complexity index is 667. The standard InChI is InChI=1S/C19H26N4OS/c1-3-10-25-18-21-12-16(13-22-18)14-23-8-6-19(24,7-9-23)17-5-4-15(2)11-20-17/h4-5,11-13,24H,3,6-10,14H2,1-2H3. The molecule has 1 fully saturated rings. The second kappa shape index (κ2) is 8.25. The molecule has 0 bridgehead atoms. The zero-order chi connectivity index (χ0) is 17.7. The van der Waals surface area contributed by atoms with E-state index in [9.17, 15) is 5.11 Å². The predicted molar refractivity (Wildman–Crippen MR) is 100 cm³/mol. The SMILES string of the molecule is CCCSc1ncc(CN2CCC(O)(c3ccc(C)cn3)CC2)cn1. The zero-order valence-electron chi connectivity index (χ0n) is 15.0. The summed E-state index contributed by atoms with van der Waals surface area (Å²) in [5.41, 5.74) is 2.23. The summed E-state index contributed by atoms with van der Waals surface area (Å²) in [6.45, 7) is 6.69. The molecule has 6 heteroatoms. The van der Waals surface area contributed by atoms with Crippen LogP contribution in [-0.4, -0.2) is 43.8 Å². The van der Waals surface area contributed by atoms with Gasteiger partial charge in [-0.15, -0.1) is 0 Å². The van der Waals surface area contributed by atoms with Crippen molar-refractivity contribution in [2.45, 2.75) is 50.4 Å². The van der Waals surface area contributed by atoms with E-state index >= 15 is 0 Å². The van der Waals surface area contributed by atoms with Gasteiger partial charge < -0.3 is 5.11 Å². The van der Waals surface area contributed by atoms with Gasteiger partial charge >= 0.3 is 0 Å². The van der Waals surface area contributed by atoms with Gasteiger partial charge in [0.2, 0.25) is 0 Å². The van der Waals surface area contributed by atoms with Crippen LogP contribution in [0.15, 0.2) is 35.9 Å². The van der Waals surface area contributed by atoms with Gasteiger partial charge in [-0.1, -0.05) is 24.8 Å². The molecule has 1 N–H and O–H groups in total. The molecule has 25 heavy (non-hydrogen) atoms. The van der Waals surface area contributed by atoms with Gasteiger partial charge in [0.15, 0.2) is 5.16 Å². The maximum atomic E-state index is 10.9. The van der Waals surface area contributed by atoms with Crippen molar-refractivity contribution in [2.75, 3.05) is 18.8 Å². The summed E-state index contributed by atoms with van der Waals surface area (Å²) in [5.74, 6) is 1.05. The average Bonchev–Trinajstić information content (AvgIpc) is 2.64. The third-order valence-corrected chi connectivity index (χ3v) is 5.68. The number of hydrogen-bond donors (Lipinski definition) is 1. The van der Waals surface area contributed by atoms with Gasteiger partial charge in [0.25, 0.3) is 0 Å². The molecule has 0 radical (unpaired) electrons. The molecule has 0 spiro atoms. The first-order valence-corrected chi connectivity index (χ1v) is 9.89. The van der Waals surface area contributed by atoms with Crippen LogP contribution in [-0.2, 0) is 12.1 Å². The first kappa shape index (κ1) is 18.3. The molecule has 2 aromatic rings. The van der Waals surface area contributed by atoms with Crippen LogP contribution in [0.3, 0.4) is 0 Å². The van der Waals surface area contributed by atoms with E-state index in [4.69, 9.17) is 0 Å². The fourth-order valence-corrected chi connectivity index (χ4v) is 3.67. The Hall–Kier alpha value is -1.50. The fourth-order valence-electron chi connectivity index (χ4n) is 3.03. The Morgan fingerprint density at radius 3 is 2.44 bits per heavy atom. The summed E-state index contributed by atoms with van der Waals surface area (Å²) >= 11 is 1.70. The van der Waals surface area contributed by atoms with Crippen molar-refractivity contribution < 1.29 is 5.11 Å². The highest BCUT2D eigenvalue weighted by Gasteiger charge is 2.35. The second-order valence-corrected chi connectivity index (χ2v) is 7.81. The van der Waals surface area contributed by atoms with Crippen molar-refractivity contribution in [2.24, 2.45) is 0 Å². The molecule has 5 nitrogen and oxygen atoms in total. The minimum Gasteiger partial charge on any atom is -0.383 e. The summed E-state index contributed by atoms with van der Waals surface area (Å²) in [6.07, 6.45) is 8.21. The minimum absolute atomic E-state index is 0.703. The number of rotatable bonds is 6. The summed E-state index contributed by atoms with van der Waals surface area (Å²) in [5, 5.41) is 11.8. The van der Waals surface area contributed by atoms with E-state index in [1.165, 1.54) is 0 Å². The maximum Gasteiger partial charge on any atom is 0.187 e. The molecule has 0 saturated carbocycles. The van der Waals surface area contributed by atoms with Crippen LogP contribution in [0.1, 0.15) is 43.0 Å². The molecule has 0 aromatic carbocycles. The lowest BCUT2D eigenvalue weighted by Gasteiger charge is -2.37. The van der Waals surface area contributed by atoms with Crippen LogP contribution < -0.4 is 0 Å². The summed E-state index contributed by atoms with van der Waals surface area (Å²) in [7, 11) is 0. The van der Waals surface area contributed by atoms with Crippen LogP contribution in [0.5, 0.6) is 0 Å². The molecule has 3 rings (SSSR count). The molecule has 0 aliphatic carbocycles. The highest BCUT2D eigenvalue weighted by Crippen LogP contribution is 2.32. The van der Waals surface area contributed by atoms with Crippen LogP contribution in [0, 0.1) is 6.92 Å². The van der Waals surface area contributed by atoms with E-state index < -0.39 is 5.60 Å². The number of nitrogens with zero attached hydrogens (tertiary/aromatic N) is 4. The summed E-state index contributed by atoms with van der Waals surface area (Å²) < 4.78 is 0. The fraction of sp³-hybridized carbons (Fsp3) is 0.526. The molecule has 0 atom stereocenters. The van der Waals surface area contributed by atoms with E-state index in [1.54, 1.807) is 11.8 Å². The lowest BCUT2D eigenvalue weighted by atomic mass is 9.87. The van der Waals surface area contributed by atoms with Gasteiger partial charge in [-0.2, -0.15) is 0 Å². The molecule has 1 aliphatic heterocycles. The number of pyridine rings is 1. The first-order valence-electron chi connectivity index (χ1n) is 8.90. The van der Waals surface area contributed by atoms with Crippen LogP contribution in [0.25, 0.3) is 0 Å². The van der Waals surface area contributed by atoms with Crippen LogP contribution in [0.2, 0.25) is 0 Å². The Labute approximate surface area is 153 Å². The molecular weight excluding hydrogens is 332 g/mol. The quantitative estimate of drug-likeness (QED) is 0.632. The van der Waals surface area contributed by atoms with Gasteiger partial charge in [0, 0.05) is 49.5 Å². The number of likely N-dealkylation sites (tertiary alicyclic amines) is 1. The van der Waals surface area contributed by atoms with E-state index in [1.807, 2.05) is 37.6 Å². The number of aromatic nitrogens is 3. The van der Waals surface area contributed by atoms with Gasteiger partial charge in [0.1, 0.15) is 5.60 Å². The minimum atomic E-state index is -0.804. The van der Waals surface area contributed by atoms with E-state index in [-0.39, 0.29) is 0 Å². The topological polar surface area (TPSA) is 62.1 Å². The zero-order valence-corrected chi connectivity index (χ0v) is 15.8. The predicted octanol–water partition coefficient (Wildman–Crippen LogP) is 3.17. The summed E-state index contributed by atoms with van der Waals surface area (Å²) in [6, 6.07) is 3.97. The molecular formula is C19H26N4OS. The third-order valence-electron chi connectivity index (χ3n) is 4.59. The normalized spacial score (nSPS) is 17.6. The van der Waals surface area contributed by atoms with Gasteiger partial charge in [-0.3, -0.25) is 9.88 Å². The van der Waals surface area contributed by atoms with Crippen molar-refractivity contribution in [3.63, 3.8) is 0 Å². The Balaban J connectivity index is 1.54. The van der Waals surface area contributed by atoms with Crippen molar-refractivity contribution in [3.8, 4) is 0 Å². The first-order chi connectivity index (χ1) is 12.1. The van der Waals surface area contributed by atoms with Crippen LogP contribution >= 0.6 is 11.8 Å². The molecule has 0 unspecified atom stereocenters.